The van der Waals surface area contributed by atoms with Gasteiger partial charge in [0.2, 0.25) is 11.8 Å². The molecular weight excluding hydrogens is 366 g/mol. The van der Waals surface area contributed by atoms with Gasteiger partial charge >= 0.3 is 0 Å². The van der Waals surface area contributed by atoms with E-state index in [4.69, 9.17) is 16.7 Å². The number of para-hydroxylation sites is 1. The number of hydrogen-bond acceptors (Lipinski definition) is 4. The molecule has 0 aliphatic rings. The lowest BCUT2D eigenvalue weighted by Gasteiger charge is -2.07. The zero-order valence-electron chi connectivity index (χ0n) is 14.8. The number of rotatable bonds is 6. The first-order valence-corrected chi connectivity index (χ1v) is 8.93. The average Bonchev–Trinajstić information content (AvgIpc) is 2.96. The minimum absolute atomic E-state index is 0.0179. The highest BCUT2D eigenvalue weighted by Crippen LogP contribution is 2.36. The molecule has 1 aromatic heterocycles. The van der Waals surface area contributed by atoms with Crippen molar-refractivity contribution in [2.24, 2.45) is 5.10 Å². The van der Waals surface area contributed by atoms with Gasteiger partial charge in [-0.05, 0) is 43.7 Å². The van der Waals surface area contributed by atoms with Crippen LogP contribution in [0.1, 0.15) is 25.3 Å². The molecule has 27 heavy (non-hydrogen) atoms. The van der Waals surface area contributed by atoms with E-state index in [0.29, 0.717) is 22.7 Å². The summed E-state index contributed by atoms with van der Waals surface area (Å²) in [5.74, 6) is -0.281. The van der Waals surface area contributed by atoms with Gasteiger partial charge in [0.25, 0.3) is 0 Å². The molecule has 3 N–H and O–H groups in total. The summed E-state index contributed by atoms with van der Waals surface area (Å²) in [6.07, 6.45) is 0.547. The lowest BCUT2D eigenvalue weighted by molar-refractivity contribution is -0.121. The summed E-state index contributed by atoms with van der Waals surface area (Å²) in [6, 6.07) is 14.8. The molecule has 0 saturated heterocycles. The van der Waals surface area contributed by atoms with E-state index in [0.717, 1.165) is 16.6 Å². The van der Waals surface area contributed by atoms with Gasteiger partial charge in [-0.3, -0.25) is 9.36 Å². The molecule has 6 nitrogen and oxygen atoms in total. The SMILES string of the molecule is CC(=NNC(=O)CCCO)c1c(O)n(-c2ccccc2)c2ccc(Cl)cc12. The maximum absolute atomic E-state index is 11.7. The predicted octanol–water partition coefficient (Wildman–Crippen LogP) is 3.60. The zero-order valence-corrected chi connectivity index (χ0v) is 15.6. The van der Waals surface area contributed by atoms with Crippen LogP contribution in [-0.2, 0) is 4.79 Å². The Morgan fingerprint density at radius 3 is 2.67 bits per heavy atom. The van der Waals surface area contributed by atoms with E-state index in [9.17, 15) is 9.90 Å². The summed E-state index contributed by atoms with van der Waals surface area (Å²) >= 11 is 6.16. The monoisotopic (exact) mass is 385 g/mol. The highest BCUT2D eigenvalue weighted by Gasteiger charge is 2.20. The molecule has 0 bridgehead atoms. The topological polar surface area (TPSA) is 86.8 Å². The van der Waals surface area contributed by atoms with Gasteiger partial charge < -0.3 is 10.2 Å². The molecule has 0 spiro atoms. The summed E-state index contributed by atoms with van der Waals surface area (Å²) in [6.45, 7) is 1.65. The number of hydrogen-bond donors (Lipinski definition) is 3. The van der Waals surface area contributed by atoms with Crippen molar-refractivity contribution in [2.45, 2.75) is 19.8 Å². The Bertz CT molecular complexity index is 997. The fraction of sp³-hybridized carbons (Fsp3) is 0.200. The lowest BCUT2D eigenvalue weighted by atomic mass is 10.1. The number of aromatic nitrogens is 1. The molecule has 0 saturated carbocycles. The average molecular weight is 386 g/mol. The third-order valence-corrected chi connectivity index (χ3v) is 4.43. The van der Waals surface area contributed by atoms with Crippen molar-refractivity contribution < 1.29 is 15.0 Å². The van der Waals surface area contributed by atoms with Crippen LogP contribution in [0.4, 0.5) is 0 Å². The van der Waals surface area contributed by atoms with Gasteiger partial charge in [0.1, 0.15) is 0 Å². The Hall–Kier alpha value is -2.83. The molecule has 0 radical (unpaired) electrons. The van der Waals surface area contributed by atoms with E-state index in [-0.39, 0.29) is 24.8 Å². The van der Waals surface area contributed by atoms with Crippen molar-refractivity contribution in [3.8, 4) is 11.6 Å². The fourth-order valence-corrected chi connectivity index (χ4v) is 3.11. The first kappa shape index (κ1) is 18.9. The molecule has 1 heterocycles. The number of amides is 1. The molecule has 1 amide bonds. The molecule has 0 aliphatic heterocycles. The highest BCUT2D eigenvalue weighted by atomic mass is 35.5. The Labute approximate surface area is 161 Å². The lowest BCUT2D eigenvalue weighted by Crippen LogP contribution is -2.19. The van der Waals surface area contributed by atoms with Crippen LogP contribution in [0.5, 0.6) is 5.88 Å². The van der Waals surface area contributed by atoms with Crippen LogP contribution in [0.25, 0.3) is 16.6 Å². The molecule has 3 rings (SSSR count). The van der Waals surface area contributed by atoms with E-state index < -0.39 is 0 Å². The molecule has 140 valence electrons. The Kier molecular flexibility index (Phi) is 5.78. The van der Waals surface area contributed by atoms with Crippen molar-refractivity contribution in [3.63, 3.8) is 0 Å². The molecule has 0 fully saturated rings. The number of nitrogens with zero attached hydrogens (tertiary/aromatic N) is 2. The van der Waals surface area contributed by atoms with Crippen LogP contribution in [0.3, 0.4) is 0 Å². The quantitative estimate of drug-likeness (QED) is 0.447. The molecular formula is C20H20ClN3O3. The van der Waals surface area contributed by atoms with Crippen LogP contribution >= 0.6 is 11.6 Å². The third kappa shape index (κ3) is 3.97. The summed E-state index contributed by atoms with van der Waals surface area (Å²) < 4.78 is 1.72. The maximum Gasteiger partial charge on any atom is 0.240 e. The molecule has 0 atom stereocenters. The van der Waals surface area contributed by atoms with Crippen LogP contribution in [-0.4, -0.2) is 33.0 Å². The molecule has 0 aliphatic carbocycles. The molecule has 2 aromatic carbocycles. The van der Waals surface area contributed by atoms with Crippen LogP contribution in [0.15, 0.2) is 53.6 Å². The molecule has 0 unspecified atom stereocenters. The van der Waals surface area contributed by atoms with Crippen molar-refractivity contribution in [2.75, 3.05) is 6.61 Å². The van der Waals surface area contributed by atoms with E-state index in [1.54, 1.807) is 23.6 Å². The Morgan fingerprint density at radius 1 is 1.22 bits per heavy atom. The van der Waals surface area contributed by atoms with Crippen LogP contribution in [0.2, 0.25) is 5.02 Å². The van der Waals surface area contributed by atoms with Crippen molar-refractivity contribution >= 4 is 34.1 Å². The number of carbonyl (C=O) groups is 1. The number of fused-ring (bicyclic) bond motifs is 1. The number of carbonyl (C=O) groups excluding carboxylic acids is 1. The van der Waals surface area contributed by atoms with E-state index in [1.807, 2.05) is 36.4 Å². The van der Waals surface area contributed by atoms with Crippen molar-refractivity contribution in [3.05, 3.63) is 59.1 Å². The summed E-state index contributed by atoms with van der Waals surface area (Å²) in [4.78, 5) is 11.7. The van der Waals surface area contributed by atoms with Gasteiger partial charge in [-0.1, -0.05) is 29.8 Å². The highest BCUT2D eigenvalue weighted by molar-refractivity contribution is 6.31. The van der Waals surface area contributed by atoms with Gasteiger partial charge in [-0.25, -0.2) is 5.43 Å². The molecule has 7 heteroatoms. The summed E-state index contributed by atoms with van der Waals surface area (Å²) in [7, 11) is 0. The third-order valence-electron chi connectivity index (χ3n) is 4.19. The second-order valence-electron chi connectivity index (χ2n) is 6.09. The smallest absolute Gasteiger partial charge is 0.240 e. The Balaban J connectivity index is 2.09. The van der Waals surface area contributed by atoms with Gasteiger partial charge in [0.05, 0.1) is 16.8 Å². The first-order chi connectivity index (χ1) is 13.0. The normalized spacial score (nSPS) is 11.7. The number of aliphatic hydroxyl groups excluding tert-OH is 1. The van der Waals surface area contributed by atoms with E-state index in [1.165, 1.54) is 0 Å². The number of aliphatic hydroxyl groups is 1. The van der Waals surface area contributed by atoms with E-state index in [2.05, 4.69) is 10.5 Å². The largest absolute Gasteiger partial charge is 0.494 e. The maximum atomic E-state index is 11.7. The van der Waals surface area contributed by atoms with Gasteiger partial charge in [0, 0.05) is 29.1 Å². The number of hydrazone groups is 1. The fourth-order valence-electron chi connectivity index (χ4n) is 2.94. The summed E-state index contributed by atoms with van der Waals surface area (Å²) in [5.41, 5.74) is 4.98. The number of nitrogens with one attached hydrogen (secondary N) is 1. The minimum Gasteiger partial charge on any atom is -0.494 e. The second-order valence-corrected chi connectivity index (χ2v) is 6.53. The van der Waals surface area contributed by atoms with E-state index >= 15 is 0 Å². The van der Waals surface area contributed by atoms with Gasteiger partial charge in [-0.15, -0.1) is 0 Å². The first-order valence-electron chi connectivity index (χ1n) is 8.55. The van der Waals surface area contributed by atoms with Crippen molar-refractivity contribution in [1.82, 2.24) is 9.99 Å². The van der Waals surface area contributed by atoms with Gasteiger partial charge in [-0.2, -0.15) is 5.10 Å². The number of halogens is 1. The van der Waals surface area contributed by atoms with Gasteiger partial charge in [0.15, 0.2) is 0 Å². The number of benzene rings is 2. The zero-order chi connectivity index (χ0) is 19.4. The second kappa shape index (κ2) is 8.24. The Morgan fingerprint density at radius 2 is 1.96 bits per heavy atom. The van der Waals surface area contributed by atoms with Crippen LogP contribution in [0, 0.1) is 0 Å². The minimum atomic E-state index is -0.298. The summed E-state index contributed by atoms with van der Waals surface area (Å²) in [5, 5.41) is 25.1. The predicted molar refractivity (Wildman–Crippen MR) is 107 cm³/mol. The standard InChI is InChI=1S/C20H20ClN3O3/c1-13(22-23-18(26)8-5-11-25)19-16-12-14(21)9-10-17(16)24(20(19)27)15-6-3-2-4-7-15/h2-4,6-7,9-10,12,25,27H,5,8,11H2,1H3,(H,23,26). The number of aromatic hydroxyl groups is 1. The molecule has 3 aromatic rings. The van der Waals surface area contributed by atoms with Crippen molar-refractivity contribution in [1.29, 1.82) is 0 Å². The van der Waals surface area contributed by atoms with Crippen LogP contribution < -0.4 is 5.43 Å².